The Labute approximate surface area is 128 Å². The normalized spacial score (nSPS) is 19.4. The Balaban J connectivity index is 1.93. The van der Waals surface area contributed by atoms with Gasteiger partial charge in [-0.15, -0.1) is 0 Å². The highest BCUT2D eigenvalue weighted by atomic mass is 19.1. The minimum atomic E-state index is -0.160. The maximum atomic E-state index is 13.0. The summed E-state index contributed by atoms with van der Waals surface area (Å²) in [6.07, 6.45) is 5.35. The maximum Gasteiger partial charge on any atom is 0.123 e. The summed E-state index contributed by atoms with van der Waals surface area (Å²) in [5.74, 6) is 0.387. The van der Waals surface area contributed by atoms with E-state index in [4.69, 9.17) is 4.74 Å². The monoisotopic (exact) mass is 293 g/mol. The van der Waals surface area contributed by atoms with E-state index >= 15 is 0 Å². The van der Waals surface area contributed by atoms with Crippen molar-refractivity contribution in [1.82, 2.24) is 5.32 Å². The van der Waals surface area contributed by atoms with Crippen molar-refractivity contribution in [3.8, 4) is 0 Å². The summed E-state index contributed by atoms with van der Waals surface area (Å²) < 4.78 is 19.2. The van der Waals surface area contributed by atoms with Gasteiger partial charge in [0.05, 0.1) is 5.60 Å². The molecule has 0 aromatic heterocycles. The second-order valence-electron chi connectivity index (χ2n) is 6.42. The standard InChI is InChI=1S/C18H28FNO/c1-3-12-21-18(8-10-20-11-9-18)14-15(2)13-16-4-6-17(19)7-5-16/h4-7,15,20H,3,8-14H2,1-2H3. The van der Waals surface area contributed by atoms with Gasteiger partial charge in [-0.25, -0.2) is 4.39 Å². The van der Waals surface area contributed by atoms with Crippen molar-refractivity contribution in [3.63, 3.8) is 0 Å². The molecule has 118 valence electrons. The summed E-state index contributed by atoms with van der Waals surface area (Å²) in [6, 6.07) is 6.90. The Hall–Kier alpha value is -0.930. The van der Waals surface area contributed by atoms with Gasteiger partial charge in [-0.3, -0.25) is 0 Å². The Morgan fingerprint density at radius 1 is 1.24 bits per heavy atom. The van der Waals surface area contributed by atoms with Crippen LogP contribution in [0, 0.1) is 11.7 Å². The molecule has 0 bridgehead atoms. The molecule has 0 spiro atoms. The van der Waals surface area contributed by atoms with E-state index in [9.17, 15) is 4.39 Å². The van der Waals surface area contributed by atoms with Crippen LogP contribution in [0.5, 0.6) is 0 Å². The fourth-order valence-electron chi connectivity index (χ4n) is 3.34. The molecule has 1 unspecified atom stereocenters. The number of nitrogens with one attached hydrogen (secondary N) is 1. The second kappa shape index (κ2) is 7.90. The Kier molecular flexibility index (Phi) is 6.19. The fourth-order valence-corrected chi connectivity index (χ4v) is 3.34. The van der Waals surface area contributed by atoms with Gasteiger partial charge in [0.1, 0.15) is 5.82 Å². The molecular formula is C18H28FNO. The molecule has 0 saturated carbocycles. The number of benzene rings is 1. The molecular weight excluding hydrogens is 265 g/mol. The van der Waals surface area contributed by atoms with Crippen LogP contribution in [0.15, 0.2) is 24.3 Å². The molecule has 1 aliphatic rings. The van der Waals surface area contributed by atoms with Crippen molar-refractivity contribution in [3.05, 3.63) is 35.6 Å². The third-order valence-corrected chi connectivity index (χ3v) is 4.35. The maximum absolute atomic E-state index is 13.0. The average Bonchev–Trinajstić information content (AvgIpc) is 2.48. The van der Waals surface area contributed by atoms with Gasteiger partial charge in [-0.2, -0.15) is 0 Å². The lowest BCUT2D eigenvalue weighted by Gasteiger charge is -2.39. The van der Waals surface area contributed by atoms with Crippen LogP contribution >= 0.6 is 0 Å². The van der Waals surface area contributed by atoms with Crippen LogP contribution in [0.2, 0.25) is 0 Å². The zero-order valence-electron chi connectivity index (χ0n) is 13.3. The molecule has 0 amide bonds. The summed E-state index contributed by atoms with van der Waals surface area (Å²) in [7, 11) is 0. The molecule has 2 rings (SSSR count). The minimum Gasteiger partial charge on any atom is -0.375 e. The molecule has 0 radical (unpaired) electrons. The highest BCUT2D eigenvalue weighted by Crippen LogP contribution is 2.32. The number of halogens is 1. The number of ether oxygens (including phenoxy) is 1. The van der Waals surface area contributed by atoms with Crippen LogP contribution in [-0.2, 0) is 11.2 Å². The van der Waals surface area contributed by atoms with Gasteiger partial charge in [-0.05, 0) is 68.8 Å². The van der Waals surface area contributed by atoms with Crippen molar-refractivity contribution in [2.45, 2.75) is 51.6 Å². The van der Waals surface area contributed by atoms with Crippen LogP contribution in [0.1, 0.15) is 45.1 Å². The van der Waals surface area contributed by atoms with E-state index in [0.29, 0.717) is 5.92 Å². The smallest absolute Gasteiger partial charge is 0.123 e. The lowest BCUT2D eigenvalue weighted by Crippen LogP contribution is -2.45. The molecule has 1 aromatic carbocycles. The lowest BCUT2D eigenvalue weighted by molar-refractivity contribution is -0.0791. The molecule has 1 fully saturated rings. The van der Waals surface area contributed by atoms with Gasteiger partial charge in [0.25, 0.3) is 0 Å². The van der Waals surface area contributed by atoms with E-state index in [-0.39, 0.29) is 11.4 Å². The van der Waals surface area contributed by atoms with Gasteiger partial charge in [-0.1, -0.05) is 26.0 Å². The number of piperidine rings is 1. The van der Waals surface area contributed by atoms with Crippen molar-refractivity contribution in [1.29, 1.82) is 0 Å². The summed E-state index contributed by atoms with van der Waals surface area (Å²) in [4.78, 5) is 0. The zero-order chi connectivity index (χ0) is 15.1. The highest BCUT2D eigenvalue weighted by molar-refractivity contribution is 5.16. The SMILES string of the molecule is CCCOC1(CC(C)Cc2ccc(F)cc2)CCNCC1. The fraction of sp³-hybridized carbons (Fsp3) is 0.667. The summed E-state index contributed by atoms with van der Waals surface area (Å²) in [5, 5.41) is 3.42. The van der Waals surface area contributed by atoms with Gasteiger partial charge >= 0.3 is 0 Å². The van der Waals surface area contributed by atoms with E-state index in [1.165, 1.54) is 5.56 Å². The van der Waals surface area contributed by atoms with E-state index < -0.39 is 0 Å². The van der Waals surface area contributed by atoms with E-state index in [1.54, 1.807) is 12.1 Å². The van der Waals surface area contributed by atoms with Crippen LogP contribution in [0.25, 0.3) is 0 Å². The Morgan fingerprint density at radius 3 is 2.52 bits per heavy atom. The molecule has 21 heavy (non-hydrogen) atoms. The molecule has 1 atom stereocenters. The predicted molar refractivity (Wildman–Crippen MR) is 85.0 cm³/mol. The van der Waals surface area contributed by atoms with Crippen molar-refractivity contribution in [2.24, 2.45) is 5.92 Å². The van der Waals surface area contributed by atoms with Gasteiger partial charge < -0.3 is 10.1 Å². The first-order valence-corrected chi connectivity index (χ1v) is 8.23. The topological polar surface area (TPSA) is 21.3 Å². The third kappa shape index (κ3) is 5.08. The van der Waals surface area contributed by atoms with Gasteiger partial charge in [0.2, 0.25) is 0 Å². The van der Waals surface area contributed by atoms with Crippen LogP contribution in [0.3, 0.4) is 0 Å². The van der Waals surface area contributed by atoms with E-state index in [2.05, 4.69) is 19.2 Å². The number of rotatable bonds is 7. The largest absolute Gasteiger partial charge is 0.375 e. The van der Waals surface area contributed by atoms with Gasteiger partial charge in [0, 0.05) is 6.61 Å². The minimum absolute atomic E-state index is 0.0424. The molecule has 1 heterocycles. The second-order valence-corrected chi connectivity index (χ2v) is 6.42. The van der Waals surface area contributed by atoms with Crippen molar-refractivity contribution in [2.75, 3.05) is 19.7 Å². The molecule has 3 heteroatoms. The average molecular weight is 293 g/mol. The van der Waals surface area contributed by atoms with E-state index in [1.807, 2.05) is 12.1 Å². The first kappa shape index (κ1) is 16.4. The molecule has 1 saturated heterocycles. The first-order chi connectivity index (χ1) is 10.1. The molecule has 2 nitrogen and oxygen atoms in total. The van der Waals surface area contributed by atoms with Crippen molar-refractivity contribution >= 4 is 0 Å². The predicted octanol–water partition coefficient (Wildman–Crippen LogP) is 3.94. The molecule has 1 N–H and O–H groups in total. The summed E-state index contributed by atoms with van der Waals surface area (Å²) in [5.41, 5.74) is 1.25. The Morgan fingerprint density at radius 2 is 1.90 bits per heavy atom. The molecule has 1 aliphatic heterocycles. The zero-order valence-corrected chi connectivity index (χ0v) is 13.3. The first-order valence-electron chi connectivity index (χ1n) is 8.23. The molecule has 1 aromatic rings. The van der Waals surface area contributed by atoms with E-state index in [0.717, 1.165) is 51.8 Å². The number of hydrogen-bond donors (Lipinski definition) is 1. The van der Waals surface area contributed by atoms with Crippen LogP contribution in [0.4, 0.5) is 4.39 Å². The highest BCUT2D eigenvalue weighted by Gasteiger charge is 2.34. The number of hydrogen-bond acceptors (Lipinski definition) is 2. The van der Waals surface area contributed by atoms with Crippen molar-refractivity contribution < 1.29 is 9.13 Å². The van der Waals surface area contributed by atoms with Crippen LogP contribution < -0.4 is 5.32 Å². The third-order valence-electron chi connectivity index (χ3n) is 4.35. The van der Waals surface area contributed by atoms with Gasteiger partial charge in [0.15, 0.2) is 0 Å². The molecule has 0 aliphatic carbocycles. The van der Waals surface area contributed by atoms with Crippen LogP contribution in [-0.4, -0.2) is 25.3 Å². The summed E-state index contributed by atoms with van der Waals surface area (Å²) in [6.45, 7) is 7.39. The quantitative estimate of drug-likeness (QED) is 0.822. The Bertz CT molecular complexity index is 412. The lowest BCUT2D eigenvalue weighted by atomic mass is 9.81. The summed E-state index contributed by atoms with van der Waals surface area (Å²) >= 11 is 0.